The number of amides is 1. The summed E-state index contributed by atoms with van der Waals surface area (Å²) in [6, 6.07) is 14.6. The fourth-order valence-electron chi connectivity index (χ4n) is 3.61. The number of nitrogens with one attached hydrogen (secondary N) is 1. The summed E-state index contributed by atoms with van der Waals surface area (Å²) in [6.07, 6.45) is 1.73. The first kappa shape index (κ1) is 23.0. The maximum atomic E-state index is 12.5. The highest BCUT2D eigenvalue weighted by molar-refractivity contribution is 5.92. The van der Waals surface area contributed by atoms with Crippen LogP contribution >= 0.6 is 0 Å². The van der Waals surface area contributed by atoms with Crippen molar-refractivity contribution in [3.63, 3.8) is 0 Å². The number of rotatable bonds is 7. The van der Waals surface area contributed by atoms with Crippen LogP contribution in [0.3, 0.4) is 0 Å². The Balaban J connectivity index is 1.40. The van der Waals surface area contributed by atoms with E-state index in [9.17, 15) is 4.79 Å². The fourth-order valence-corrected chi connectivity index (χ4v) is 3.61. The summed E-state index contributed by atoms with van der Waals surface area (Å²) in [6.45, 7) is 7.96. The van der Waals surface area contributed by atoms with Crippen LogP contribution in [0.25, 0.3) is 5.82 Å². The number of anilines is 1. The Hall–Kier alpha value is -4.20. The molecule has 0 bridgehead atoms. The van der Waals surface area contributed by atoms with Gasteiger partial charge in [0.05, 0.1) is 19.2 Å². The maximum absolute atomic E-state index is 12.5. The second-order valence-electron chi connectivity index (χ2n) is 8.08. The number of carbonyl (C=O) groups excluding carboxylic acids is 1. The van der Waals surface area contributed by atoms with Crippen molar-refractivity contribution in [2.45, 2.75) is 34.1 Å². The quantitative estimate of drug-likeness (QED) is 0.425. The Labute approximate surface area is 198 Å². The van der Waals surface area contributed by atoms with Gasteiger partial charge < -0.3 is 14.8 Å². The van der Waals surface area contributed by atoms with Gasteiger partial charge in [0.15, 0.2) is 5.82 Å². The molecule has 2 aromatic carbocycles. The molecule has 34 heavy (non-hydrogen) atoms. The molecule has 8 heteroatoms. The Morgan fingerprint density at radius 1 is 1.00 bits per heavy atom. The van der Waals surface area contributed by atoms with Crippen LogP contribution in [0.1, 0.15) is 28.1 Å². The molecule has 4 aromatic rings. The van der Waals surface area contributed by atoms with E-state index < -0.39 is 0 Å². The number of ether oxygens (including phenoxy) is 2. The molecule has 1 amide bonds. The van der Waals surface area contributed by atoms with Crippen molar-refractivity contribution in [3.8, 4) is 23.2 Å². The Morgan fingerprint density at radius 3 is 2.41 bits per heavy atom. The number of hydrogen-bond acceptors (Lipinski definition) is 6. The zero-order valence-electron chi connectivity index (χ0n) is 19.9. The van der Waals surface area contributed by atoms with Crippen molar-refractivity contribution in [2.24, 2.45) is 0 Å². The van der Waals surface area contributed by atoms with Gasteiger partial charge in [-0.05, 0) is 74.7 Å². The molecule has 0 aliphatic rings. The van der Waals surface area contributed by atoms with Gasteiger partial charge in [0.25, 0.3) is 0 Å². The first-order valence-corrected chi connectivity index (χ1v) is 10.9. The van der Waals surface area contributed by atoms with E-state index in [4.69, 9.17) is 9.47 Å². The van der Waals surface area contributed by atoms with Gasteiger partial charge in [-0.3, -0.25) is 4.79 Å². The fraction of sp³-hybridized carbons (Fsp3) is 0.231. The van der Waals surface area contributed by atoms with Gasteiger partial charge in [-0.1, -0.05) is 12.1 Å². The Kier molecular flexibility index (Phi) is 6.58. The third-order valence-electron chi connectivity index (χ3n) is 5.68. The summed E-state index contributed by atoms with van der Waals surface area (Å²) in [4.78, 5) is 21.0. The Bertz CT molecular complexity index is 1330. The highest BCUT2D eigenvalue weighted by atomic mass is 16.5. The average Bonchev–Trinajstić information content (AvgIpc) is 3.08. The summed E-state index contributed by atoms with van der Waals surface area (Å²) in [5, 5.41) is 7.45. The van der Waals surface area contributed by atoms with E-state index in [-0.39, 0.29) is 12.3 Å². The number of aryl methyl sites for hydroxylation is 2. The number of nitrogens with zero attached hydrogens (tertiary/aromatic N) is 4. The normalized spacial score (nSPS) is 10.7. The van der Waals surface area contributed by atoms with Crippen LogP contribution < -0.4 is 14.8 Å². The van der Waals surface area contributed by atoms with Gasteiger partial charge in [0.1, 0.15) is 17.8 Å². The number of hydrogen-bond donors (Lipinski definition) is 1. The van der Waals surface area contributed by atoms with E-state index in [1.54, 1.807) is 42.1 Å². The third-order valence-corrected chi connectivity index (χ3v) is 5.68. The number of methoxy groups -OCH3 is 1. The number of aromatic nitrogens is 4. The van der Waals surface area contributed by atoms with E-state index in [0.29, 0.717) is 23.1 Å². The SMILES string of the molecule is COc1ccc(CC(=O)Nc2ccc(Oc3cc(-n4nc(C)c(C)c4C)ncn3)cc2)cc1C. The minimum atomic E-state index is -0.0983. The molecule has 0 saturated carbocycles. The lowest BCUT2D eigenvalue weighted by atomic mass is 10.1. The molecule has 0 aliphatic heterocycles. The molecule has 8 nitrogen and oxygen atoms in total. The lowest BCUT2D eigenvalue weighted by molar-refractivity contribution is -0.115. The van der Waals surface area contributed by atoms with Crippen LogP contribution in [0.2, 0.25) is 0 Å². The van der Waals surface area contributed by atoms with Crippen molar-refractivity contribution < 1.29 is 14.3 Å². The number of benzene rings is 2. The van der Waals surface area contributed by atoms with Crippen molar-refractivity contribution in [1.82, 2.24) is 19.7 Å². The molecule has 0 fully saturated rings. The van der Waals surface area contributed by atoms with Gasteiger partial charge in [-0.25, -0.2) is 14.6 Å². The average molecular weight is 458 g/mol. The van der Waals surface area contributed by atoms with E-state index in [0.717, 1.165) is 33.8 Å². The van der Waals surface area contributed by atoms with Crippen LogP contribution in [0.5, 0.6) is 17.4 Å². The highest BCUT2D eigenvalue weighted by Crippen LogP contribution is 2.24. The molecule has 1 N–H and O–H groups in total. The molecular formula is C26H27N5O3. The third kappa shape index (κ3) is 5.06. The standard InChI is InChI=1S/C26H27N5O3/c1-16-12-20(6-11-23(16)33-5)13-25(32)29-21-7-9-22(10-8-21)34-26-14-24(27-15-28-26)31-19(4)17(2)18(3)30-31/h6-12,14-15H,13H2,1-5H3,(H,29,32). The monoisotopic (exact) mass is 457 g/mol. The zero-order valence-corrected chi connectivity index (χ0v) is 19.9. The van der Waals surface area contributed by atoms with Crippen LogP contribution in [-0.2, 0) is 11.2 Å². The van der Waals surface area contributed by atoms with Gasteiger partial charge in [-0.2, -0.15) is 5.10 Å². The van der Waals surface area contributed by atoms with Crippen molar-refractivity contribution >= 4 is 11.6 Å². The van der Waals surface area contributed by atoms with Crippen LogP contribution in [-0.4, -0.2) is 32.8 Å². The second kappa shape index (κ2) is 9.74. The van der Waals surface area contributed by atoms with Crippen LogP contribution in [0.4, 0.5) is 5.69 Å². The van der Waals surface area contributed by atoms with E-state index >= 15 is 0 Å². The van der Waals surface area contributed by atoms with E-state index in [1.165, 1.54) is 6.33 Å². The summed E-state index contributed by atoms with van der Waals surface area (Å²) < 4.78 is 12.9. The predicted octanol–water partition coefficient (Wildman–Crippen LogP) is 4.88. The summed E-state index contributed by atoms with van der Waals surface area (Å²) in [7, 11) is 1.63. The van der Waals surface area contributed by atoms with Gasteiger partial charge >= 0.3 is 0 Å². The Morgan fingerprint density at radius 2 is 1.76 bits per heavy atom. The molecule has 0 atom stereocenters. The predicted molar refractivity (Wildman–Crippen MR) is 130 cm³/mol. The molecule has 0 saturated heterocycles. The van der Waals surface area contributed by atoms with E-state index in [1.807, 2.05) is 45.9 Å². The molecular weight excluding hydrogens is 430 g/mol. The molecule has 0 unspecified atom stereocenters. The molecule has 0 aliphatic carbocycles. The molecule has 4 rings (SSSR count). The lowest BCUT2D eigenvalue weighted by Crippen LogP contribution is -2.14. The summed E-state index contributed by atoms with van der Waals surface area (Å²) in [5.41, 5.74) is 5.71. The number of carbonyl (C=O) groups is 1. The van der Waals surface area contributed by atoms with Crippen LogP contribution in [0, 0.1) is 27.7 Å². The van der Waals surface area contributed by atoms with Crippen molar-refractivity contribution in [3.05, 3.63) is 82.9 Å². The maximum Gasteiger partial charge on any atom is 0.228 e. The smallest absolute Gasteiger partial charge is 0.228 e. The lowest BCUT2D eigenvalue weighted by Gasteiger charge is -2.10. The molecule has 0 radical (unpaired) electrons. The first-order chi connectivity index (χ1) is 16.3. The molecule has 174 valence electrons. The van der Waals surface area contributed by atoms with Crippen LogP contribution in [0.15, 0.2) is 54.9 Å². The van der Waals surface area contributed by atoms with Gasteiger partial charge in [-0.15, -0.1) is 0 Å². The van der Waals surface area contributed by atoms with E-state index in [2.05, 4.69) is 20.4 Å². The van der Waals surface area contributed by atoms with Crippen molar-refractivity contribution in [1.29, 1.82) is 0 Å². The first-order valence-electron chi connectivity index (χ1n) is 10.9. The van der Waals surface area contributed by atoms with Crippen molar-refractivity contribution in [2.75, 3.05) is 12.4 Å². The minimum Gasteiger partial charge on any atom is -0.496 e. The largest absolute Gasteiger partial charge is 0.496 e. The van der Waals surface area contributed by atoms with Gasteiger partial charge in [0, 0.05) is 17.4 Å². The highest BCUT2D eigenvalue weighted by Gasteiger charge is 2.12. The minimum absolute atomic E-state index is 0.0983. The molecule has 2 heterocycles. The summed E-state index contributed by atoms with van der Waals surface area (Å²) >= 11 is 0. The molecule has 0 spiro atoms. The molecule has 2 aromatic heterocycles. The zero-order chi connectivity index (χ0) is 24.2. The second-order valence-corrected chi connectivity index (χ2v) is 8.08. The van der Waals surface area contributed by atoms with Gasteiger partial charge in [0.2, 0.25) is 11.8 Å². The topological polar surface area (TPSA) is 91.2 Å². The summed E-state index contributed by atoms with van der Waals surface area (Å²) in [5.74, 6) is 2.34.